The van der Waals surface area contributed by atoms with E-state index in [1.807, 2.05) is 13.0 Å². The molecule has 2 aromatic rings. The van der Waals surface area contributed by atoms with Crippen molar-refractivity contribution in [2.75, 3.05) is 23.7 Å². The van der Waals surface area contributed by atoms with Crippen LogP contribution in [0.4, 0.5) is 10.9 Å². The first kappa shape index (κ1) is 12.3. The zero-order chi connectivity index (χ0) is 13.2. The molecule has 0 aliphatic carbocycles. The van der Waals surface area contributed by atoms with Gasteiger partial charge in [0.1, 0.15) is 12.1 Å². The van der Waals surface area contributed by atoms with Crippen LogP contribution in [0.15, 0.2) is 17.8 Å². The third-order valence-corrected chi connectivity index (χ3v) is 4.18. The first-order valence-corrected chi connectivity index (χ1v) is 7.35. The molecule has 1 saturated heterocycles. The SMILES string of the molecule is Cc1cc(N2CCCC(c3csc(N)n3)C2)ncn1. The van der Waals surface area contributed by atoms with Crippen molar-refractivity contribution in [1.82, 2.24) is 15.0 Å². The van der Waals surface area contributed by atoms with Crippen LogP contribution in [0.2, 0.25) is 0 Å². The van der Waals surface area contributed by atoms with Gasteiger partial charge in [-0.2, -0.15) is 0 Å². The zero-order valence-electron chi connectivity index (χ0n) is 10.9. The predicted molar refractivity (Wildman–Crippen MR) is 77.5 cm³/mol. The highest BCUT2D eigenvalue weighted by atomic mass is 32.1. The van der Waals surface area contributed by atoms with Crippen molar-refractivity contribution in [3.63, 3.8) is 0 Å². The van der Waals surface area contributed by atoms with Crippen molar-refractivity contribution in [2.45, 2.75) is 25.7 Å². The highest BCUT2D eigenvalue weighted by molar-refractivity contribution is 7.13. The number of nitrogens with two attached hydrogens (primary N) is 1. The molecule has 0 spiro atoms. The van der Waals surface area contributed by atoms with Gasteiger partial charge in [0.2, 0.25) is 0 Å². The molecule has 1 atom stereocenters. The molecule has 100 valence electrons. The fourth-order valence-electron chi connectivity index (χ4n) is 2.53. The standard InChI is InChI=1S/C13H17N5S/c1-9-5-12(16-8-15-9)18-4-2-3-10(6-18)11-7-19-13(14)17-11/h5,7-8,10H,2-4,6H2,1H3,(H2,14,17). The molecule has 0 saturated carbocycles. The largest absolute Gasteiger partial charge is 0.375 e. The number of nitrogen functional groups attached to an aromatic ring is 1. The minimum atomic E-state index is 0.456. The van der Waals surface area contributed by atoms with Crippen LogP contribution in [-0.2, 0) is 0 Å². The molecule has 0 bridgehead atoms. The number of aryl methyl sites for hydroxylation is 1. The van der Waals surface area contributed by atoms with E-state index in [0.29, 0.717) is 11.0 Å². The van der Waals surface area contributed by atoms with Gasteiger partial charge < -0.3 is 10.6 Å². The average Bonchev–Trinajstić information content (AvgIpc) is 2.86. The summed E-state index contributed by atoms with van der Waals surface area (Å²) in [6.07, 6.45) is 3.96. The fraction of sp³-hybridized carbons (Fsp3) is 0.462. The molecule has 1 aliphatic heterocycles. The van der Waals surface area contributed by atoms with Crippen molar-refractivity contribution in [3.05, 3.63) is 29.2 Å². The summed E-state index contributed by atoms with van der Waals surface area (Å²) in [5, 5.41) is 2.74. The van der Waals surface area contributed by atoms with Gasteiger partial charge in [0.25, 0.3) is 0 Å². The van der Waals surface area contributed by atoms with Crippen LogP contribution in [0.25, 0.3) is 0 Å². The van der Waals surface area contributed by atoms with E-state index in [-0.39, 0.29) is 0 Å². The van der Waals surface area contributed by atoms with Crippen LogP contribution in [-0.4, -0.2) is 28.0 Å². The molecule has 6 heteroatoms. The van der Waals surface area contributed by atoms with Gasteiger partial charge in [0, 0.05) is 36.1 Å². The Labute approximate surface area is 116 Å². The monoisotopic (exact) mass is 275 g/mol. The Morgan fingerprint density at radius 1 is 1.42 bits per heavy atom. The summed E-state index contributed by atoms with van der Waals surface area (Å²) < 4.78 is 0. The number of hydrogen-bond acceptors (Lipinski definition) is 6. The maximum absolute atomic E-state index is 5.72. The van der Waals surface area contributed by atoms with E-state index in [2.05, 4.69) is 25.2 Å². The molecule has 3 heterocycles. The number of piperidine rings is 1. The summed E-state index contributed by atoms with van der Waals surface area (Å²) >= 11 is 1.52. The van der Waals surface area contributed by atoms with Crippen molar-refractivity contribution >= 4 is 22.3 Å². The Balaban J connectivity index is 1.78. The molecule has 0 amide bonds. The topological polar surface area (TPSA) is 67.9 Å². The van der Waals surface area contributed by atoms with Crippen LogP contribution < -0.4 is 10.6 Å². The molecule has 3 rings (SSSR count). The summed E-state index contributed by atoms with van der Waals surface area (Å²) in [7, 11) is 0. The van der Waals surface area contributed by atoms with Crippen LogP contribution in [0.5, 0.6) is 0 Å². The first-order chi connectivity index (χ1) is 9.22. The lowest BCUT2D eigenvalue weighted by molar-refractivity contribution is 0.500. The van der Waals surface area contributed by atoms with Crippen LogP contribution >= 0.6 is 11.3 Å². The van der Waals surface area contributed by atoms with Gasteiger partial charge in [-0.05, 0) is 19.8 Å². The molecule has 0 radical (unpaired) electrons. The number of aromatic nitrogens is 3. The molecule has 1 fully saturated rings. The van der Waals surface area contributed by atoms with Gasteiger partial charge in [-0.15, -0.1) is 11.3 Å². The maximum atomic E-state index is 5.72. The van der Waals surface area contributed by atoms with Crippen LogP contribution in [0.1, 0.15) is 30.1 Å². The molecule has 5 nitrogen and oxygen atoms in total. The molecular formula is C13H17N5S. The van der Waals surface area contributed by atoms with Crippen LogP contribution in [0.3, 0.4) is 0 Å². The summed E-state index contributed by atoms with van der Waals surface area (Å²) in [5.74, 6) is 1.47. The number of thiazole rings is 1. The Bertz CT molecular complexity index is 568. The second-order valence-electron chi connectivity index (χ2n) is 4.91. The third-order valence-electron chi connectivity index (χ3n) is 3.49. The molecule has 0 aromatic carbocycles. The lowest BCUT2D eigenvalue weighted by Crippen LogP contribution is -2.35. The average molecular weight is 275 g/mol. The molecule has 19 heavy (non-hydrogen) atoms. The number of anilines is 2. The lowest BCUT2D eigenvalue weighted by atomic mass is 9.95. The predicted octanol–water partition coefficient (Wildman–Crippen LogP) is 2.21. The van der Waals surface area contributed by atoms with Crippen molar-refractivity contribution in [2.24, 2.45) is 0 Å². The second-order valence-corrected chi connectivity index (χ2v) is 5.80. The fourth-order valence-corrected chi connectivity index (χ4v) is 3.17. The van der Waals surface area contributed by atoms with Gasteiger partial charge >= 0.3 is 0 Å². The highest BCUT2D eigenvalue weighted by Gasteiger charge is 2.24. The van der Waals surface area contributed by atoms with Crippen molar-refractivity contribution in [3.8, 4) is 0 Å². The smallest absolute Gasteiger partial charge is 0.180 e. The number of hydrogen-bond donors (Lipinski definition) is 1. The van der Waals surface area contributed by atoms with E-state index >= 15 is 0 Å². The van der Waals surface area contributed by atoms with E-state index in [4.69, 9.17) is 5.73 Å². The van der Waals surface area contributed by atoms with Crippen molar-refractivity contribution < 1.29 is 0 Å². The highest BCUT2D eigenvalue weighted by Crippen LogP contribution is 2.30. The summed E-state index contributed by atoms with van der Waals surface area (Å²) in [6, 6.07) is 2.04. The van der Waals surface area contributed by atoms with Crippen molar-refractivity contribution in [1.29, 1.82) is 0 Å². The third kappa shape index (κ3) is 2.68. The Morgan fingerprint density at radius 3 is 3.05 bits per heavy atom. The van der Waals surface area contributed by atoms with Gasteiger partial charge in [0.05, 0.1) is 5.69 Å². The second kappa shape index (κ2) is 5.13. The van der Waals surface area contributed by atoms with Crippen LogP contribution in [0, 0.1) is 6.92 Å². The summed E-state index contributed by atoms with van der Waals surface area (Å²) in [5.41, 5.74) is 7.85. The van der Waals surface area contributed by atoms with E-state index in [1.54, 1.807) is 6.33 Å². The minimum absolute atomic E-state index is 0.456. The van der Waals surface area contributed by atoms with E-state index in [0.717, 1.165) is 36.7 Å². The van der Waals surface area contributed by atoms with Gasteiger partial charge in [-0.3, -0.25) is 0 Å². The van der Waals surface area contributed by atoms with E-state index < -0.39 is 0 Å². The Morgan fingerprint density at radius 2 is 2.32 bits per heavy atom. The normalized spacial score (nSPS) is 19.6. The van der Waals surface area contributed by atoms with Gasteiger partial charge in [0.15, 0.2) is 5.13 Å². The van der Waals surface area contributed by atoms with Gasteiger partial charge in [-0.25, -0.2) is 15.0 Å². The molecule has 2 aromatic heterocycles. The molecular weight excluding hydrogens is 258 g/mol. The molecule has 1 aliphatic rings. The first-order valence-electron chi connectivity index (χ1n) is 6.47. The van der Waals surface area contributed by atoms with E-state index in [9.17, 15) is 0 Å². The molecule has 2 N–H and O–H groups in total. The Hall–Kier alpha value is -1.69. The zero-order valence-corrected chi connectivity index (χ0v) is 11.7. The molecule has 1 unspecified atom stereocenters. The van der Waals surface area contributed by atoms with Gasteiger partial charge in [-0.1, -0.05) is 0 Å². The quantitative estimate of drug-likeness (QED) is 0.910. The Kier molecular flexibility index (Phi) is 3.33. The number of nitrogens with zero attached hydrogens (tertiary/aromatic N) is 4. The number of rotatable bonds is 2. The lowest BCUT2D eigenvalue weighted by Gasteiger charge is -2.32. The van der Waals surface area contributed by atoms with E-state index in [1.165, 1.54) is 17.8 Å². The summed E-state index contributed by atoms with van der Waals surface area (Å²) in [6.45, 7) is 4.00. The maximum Gasteiger partial charge on any atom is 0.180 e. The summed E-state index contributed by atoms with van der Waals surface area (Å²) in [4.78, 5) is 15.3. The minimum Gasteiger partial charge on any atom is -0.375 e.